The van der Waals surface area contributed by atoms with E-state index in [4.69, 9.17) is 12.2 Å². The second kappa shape index (κ2) is 8.60. The third-order valence-corrected chi connectivity index (χ3v) is 7.51. The summed E-state index contributed by atoms with van der Waals surface area (Å²) in [6.45, 7) is 2.43. The van der Waals surface area contributed by atoms with Gasteiger partial charge in [0.25, 0.3) is 0 Å². The number of hydrogen-bond acceptors (Lipinski definition) is 3. The zero-order valence-corrected chi connectivity index (χ0v) is 18.9. The summed E-state index contributed by atoms with van der Waals surface area (Å²) in [5.41, 5.74) is 5.24. The lowest BCUT2D eigenvalue weighted by Gasteiger charge is -2.40. The fourth-order valence-corrected chi connectivity index (χ4v) is 5.93. The topological polar surface area (TPSA) is 42.2 Å². The van der Waals surface area contributed by atoms with E-state index < -0.39 is 0 Å². The molecule has 3 aromatic rings. The number of amides is 1. The lowest BCUT2D eigenvalue weighted by atomic mass is 9.86. The first kappa shape index (κ1) is 20.5. The molecule has 1 N–H and O–H groups in total. The third kappa shape index (κ3) is 3.72. The van der Waals surface area contributed by atoms with Crippen LogP contribution in [0.3, 0.4) is 0 Å². The zero-order valence-electron chi connectivity index (χ0n) is 18.1. The van der Waals surface area contributed by atoms with E-state index in [-0.39, 0.29) is 12.5 Å². The molecule has 162 valence electrons. The van der Waals surface area contributed by atoms with Crippen molar-refractivity contribution in [1.82, 2.24) is 19.4 Å². The molecule has 1 unspecified atom stereocenters. The van der Waals surface area contributed by atoms with Crippen molar-refractivity contribution in [1.29, 1.82) is 0 Å². The molecule has 31 heavy (non-hydrogen) atoms. The Morgan fingerprint density at radius 2 is 1.74 bits per heavy atom. The van der Waals surface area contributed by atoms with Gasteiger partial charge in [0.2, 0.25) is 5.91 Å². The van der Waals surface area contributed by atoms with Gasteiger partial charge in [-0.15, -0.1) is 0 Å². The predicted molar refractivity (Wildman–Crippen MR) is 127 cm³/mol. The van der Waals surface area contributed by atoms with Gasteiger partial charge in [-0.3, -0.25) is 9.69 Å². The average Bonchev–Trinajstić information content (AvgIpc) is 3.10. The van der Waals surface area contributed by atoms with E-state index >= 15 is 0 Å². The third-order valence-electron chi connectivity index (χ3n) is 7.09. The number of para-hydroxylation sites is 2. The molecule has 5 nitrogen and oxygen atoms in total. The molecule has 1 amide bonds. The Morgan fingerprint density at radius 1 is 1.03 bits per heavy atom. The molecule has 2 heterocycles. The second-order valence-corrected chi connectivity index (χ2v) is 9.14. The molecule has 0 radical (unpaired) electrons. The maximum atomic E-state index is 12.1. The van der Waals surface area contributed by atoms with Crippen molar-refractivity contribution in [2.45, 2.75) is 50.7 Å². The molecule has 1 aromatic heterocycles. The SMILES string of the molecule is CNC(=O)Cn1c(=S)n(C2CCN(C3CCCc4ccccc43)CC2)c2ccccc21. The van der Waals surface area contributed by atoms with Crippen molar-refractivity contribution < 1.29 is 4.79 Å². The Hall–Kier alpha value is -2.44. The number of carbonyl (C=O) groups excluding carboxylic acids is 1. The van der Waals surface area contributed by atoms with E-state index in [9.17, 15) is 4.79 Å². The van der Waals surface area contributed by atoms with E-state index in [2.05, 4.69) is 57.2 Å². The van der Waals surface area contributed by atoms with E-state index in [1.165, 1.54) is 30.4 Å². The molecule has 0 spiro atoms. The summed E-state index contributed by atoms with van der Waals surface area (Å²) in [5, 5.41) is 2.72. The number of imidazole rings is 1. The van der Waals surface area contributed by atoms with Crippen LogP contribution < -0.4 is 5.32 Å². The summed E-state index contributed by atoms with van der Waals surface area (Å²) in [5.74, 6) is -0.0233. The molecule has 1 atom stereocenters. The first-order valence-corrected chi connectivity index (χ1v) is 11.8. The van der Waals surface area contributed by atoms with Gasteiger partial charge in [-0.25, -0.2) is 0 Å². The molecule has 2 aromatic carbocycles. The second-order valence-electron chi connectivity index (χ2n) is 8.77. The number of aromatic nitrogens is 2. The summed E-state index contributed by atoms with van der Waals surface area (Å²) >= 11 is 5.88. The van der Waals surface area contributed by atoms with E-state index in [0.717, 1.165) is 41.7 Å². The first-order chi connectivity index (χ1) is 15.2. The highest BCUT2D eigenvalue weighted by molar-refractivity contribution is 7.71. The highest BCUT2D eigenvalue weighted by atomic mass is 32.1. The lowest BCUT2D eigenvalue weighted by Crippen LogP contribution is -2.38. The van der Waals surface area contributed by atoms with Gasteiger partial charge in [-0.05, 0) is 67.6 Å². The quantitative estimate of drug-likeness (QED) is 0.609. The summed E-state index contributed by atoms with van der Waals surface area (Å²) < 4.78 is 5.04. The summed E-state index contributed by atoms with van der Waals surface area (Å²) in [4.78, 5) is 14.8. The molecule has 1 fully saturated rings. The van der Waals surface area contributed by atoms with Crippen LogP contribution in [0.15, 0.2) is 48.5 Å². The molecule has 0 saturated carbocycles. The highest BCUT2D eigenvalue weighted by Gasteiger charge is 2.30. The Kier molecular flexibility index (Phi) is 5.67. The number of hydrogen-bond donors (Lipinski definition) is 1. The number of fused-ring (bicyclic) bond motifs is 2. The van der Waals surface area contributed by atoms with Crippen molar-refractivity contribution in [2.75, 3.05) is 20.1 Å². The van der Waals surface area contributed by atoms with E-state index in [0.29, 0.717) is 12.1 Å². The van der Waals surface area contributed by atoms with E-state index in [1.807, 2.05) is 10.6 Å². The molecular weight excluding hydrogens is 404 g/mol. The van der Waals surface area contributed by atoms with Gasteiger partial charge in [-0.2, -0.15) is 0 Å². The van der Waals surface area contributed by atoms with Crippen molar-refractivity contribution >= 4 is 29.2 Å². The van der Waals surface area contributed by atoms with Gasteiger partial charge in [0.1, 0.15) is 6.54 Å². The number of likely N-dealkylation sites (N-methyl/N-ethyl adjacent to an activating group) is 1. The van der Waals surface area contributed by atoms with Gasteiger partial charge >= 0.3 is 0 Å². The Morgan fingerprint density at radius 3 is 2.52 bits per heavy atom. The molecule has 1 aliphatic carbocycles. The fraction of sp³-hybridized carbons (Fsp3) is 0.440. The normalized spacial score (nSPS) is 20.0. The van der Waals surface area contributed by atoms with Crippen LogP contribution >= 0.6 is 12.2 Å². The van der Waals surface area contributed by atoms with Gasteiger partial charge in [0, 0.05) is 32.2 Å². The maximum Gasteiger partial charge on any atom is 0.239 e. The Labute approximate surface area is 188 Å². The van der Waals surface area contributed by atoms with Crippen LogP contribution in [0.25, 0.3) is 11.0 Å². The molecule has 5 rings (SSSR count). The summed E-state index contributed by atoms with van der Waals surface area (Å²) in [6, 6.07) is 18.2. The van der Waals surface area contributed by atoms with Crippen LogP contribution in [-0.2, 0) is 17.8 Å². The number of aryl methyl sites for hydroxylation is 1. The van der Waals surface area contributed by atoms with Crippen LogP contribution in [0.2, 0.25) is 0 Å². The molecule has 2 aliphatic rings. The zero-order chi connectivity index (χ0) is 21.4. The molecular formula is C25H30N4OS. The van der Waals surface area contributed by atoms with E-state index in [1.54, 1.807) is 7.05 Å². The first-order valence-electron chi connectivity index (χ1n) is 11.4. The van der Waals surface area contributed by atoms with Gasteiger partial charge in [0.05, 0.1) is 11.0 Å². The lowest BCUT2D eigenvalue weighted by molar-refractivity contribution is -0.121. The van der Waals surface area contributed by atoms with Gasteiger partial charge in [-0.1, -0.05) is 36.4 Å². The van der Waals surface area contributed by atoms with Crippen LogP contribution in [0.4, 0.5) is 0 Å². The average molecular weight is 435 g/mol. The Balaban J connectivity index is 1.40. The smallest absolute Gasteiger partial charge is 0.239 e. The molecule has 1 saturated heterocycles. The molecule has 1 aliphatic heterocycles. The maximum absolute atomic E-state index is 12.1. The molecule has 0 bridgehead atoms. The van der Waals surface area contributed by atoms with Crippen molar-refractivity contribution in [3.63, 3.8) is 0 Å². The predicted octanol–water partition coefficient (Wildman–Crippen LogP) is 4.63. The number of nitrogens with one attached hydrogen (secondary N) is 1. The minimum Gasteiger partial charge on any atom is -0.358 e. The van der Waals surface area contributed by atoms with Crippen LogP contribution in [-0.4, -0.2) is 40.1 Å². The number of benzene rings is 2. The summed E-state index contributed by atoms with van der Waals surface area (Å²) in [7, 11) is 1.67. The number of piperidine rings is 1. The van der Waals surface area contributed by atoms with Crippen molar-refractivity contribution in [2.24, 2.45) is 0 Å². The van der Waals surface area contributed by atoms with Crippen LogP contribution in [0, 0.1) is 4.77 Å². The van der Waals surface area contributed by atoms with Gasteiger partial charge in [0.15, 0.2) is 4.77 Å². The number of rotatable bonds is 4. The van der Waals surface area contributed by atoms with Crippen molar-refractivity contribution in [3.8, 4) is 0 Å². The minimum atomic E-state index is -0.0233. The number of likely N-dealkylation sites (tertiary alicyclic amines) is 1. The van der Waals surface area contributed by atoms with Gasteiger partial charge < -0.3 is 14.5 Å². The monoisotopic (exact) mass is 434 g/mol. The van der Waals surface area contributed by atoms with Crippen LogP contribution in [0.1, 0.15) is 48.9 Å². The van der Waals surface area contributed by atoms with Crippen LogP contribution in [0.5, 0.6) is 0 Å². The number of nitrogens with zero attached hydrogens (tertiary/aromatic N) is 3. The Bertz CT molecular complexity index is 1160. The number of carbonyl (C=O) groups is 1. The summed E-state index contributed by atoms with van der Waals surface area (Å²) in [6.07, 6.45) is 5.91. The largest absolute Gasteiger partial charge is 0.358 e. The molecule has 6 heteroatoms. The fourth-order valence-electron chi connectivity index (χ4n) is 5.52. The highest BCUT2D eigenvalue weighted by Crippen LogP contribution is 2.38. The standard InChI is InChI=1S/C25H30N4OS/c1-26-24(30)17-28-22-10-4-5-11-23(22)29(25(28)31)19-13-15-27(16-14-19)21-12-6-8-18-7-2-3-9-20(18)21/h2-5,7,9-11,19,21H,6,8,12-17H2,1H3,(H,26,30). The minimum absolute atomic E-state index is 0.0233. The van der Waals surface area contributed by atoms with Crippen molar-refractivity contribution in [3.05, 3.63) is 64.4 Å².